The lowest BCUT2D eigenvalue weighted by Crippen LogP contribution is -2.44. The van der Waals surface area contributed by atoms with Crippen LogP contribution in [-0.2, 0) is 12.8 Å². The Morgan fingerprint density at radius 2 is 2.13 bits per heavy atom. The number of likely N-dealkylation sites (N-methyl/N-ethyl adjacent to an activating group) is 1. The number of nitrogens with zero attached hydrogens (tertiary/aromatic N) is 1. The molecular weight excluding hydrogens is 400 g/mol. The highest BCUT2D eigenvalue weighted by Gasteiger charge is 2.30. The Morgan fingerprint density at radius 3 is 2.90 bits per heavy atom. The van der Waals surface area contributed by atoms with Crippen LogP contribution in [0.3, 0.4) is 0 Å². The zero-order chi connectivity index (χ0) is 22.0. The standard InChI is InChI=1S/C24H27F2N3O2/c1-3-29(10-4-5-15-13-28-22-9-6-16(25)11-19(15)22)17-12-20-18(24(30)27-2)7-8-21(26)23(20)31-14-17/h6-9,11,13,17,28H,3-5,10,12,14H2,1-2H3,(H,27,30). The van der Waals surface area contributed by atoms with Crippen molar-refractivity contribution in [2.75, 3.05) is 26.7 Å². The number of halogens is 2. The van der Waals surface area contributed by atoms with Gasteiger partial charge in [-0.25, -0.2) is 8.78 Å². The highest BCUT2D eigenvalue weighted by molar-refractivity contribution is 5.96. The van der Waals surface area contributed by atoms with Gasteiger partial charge in [-0.1, -0.05) is 6.92 Å². The largest absolute Gasteiger partial charge is 0.489 e. The maximum absolute atomic E-state index is 14.2. The van der Waals surface area contributed by atoms with E-state index in [2.05, 4.69) is 22.1 Å². The van der Waals surface area contributed by atoms with E-state index < -0.39 is 5.82 Å². The Hall–Kier alpha value is -2.93. The van der Waals surface area contributed by atoms with Crippen molar-refractivity contribution in [3.8, 4) is 5.75 Å². The Morgan fingerprint density at radius 1 is 1.29 bits per heavy atom. The molecule has 2 heterocycles. The third-order valence-corrected chi connectivity index (χ3v) is 6.09. The summed E-state index contributed by atoms with van der Waals surface area (Å²) in [6, 6.07) is 7.64. The fourth-order valence-electron chi connectivity index (χ4n) is 4.44. The molecule has 1 aliphatic heterocycles. The van der Waals surface area contributed by atoms with E-state index in [0.717, 1.165) is 42.4 Å². The minimum absolute atomic E-state index is 0.0584. The molecule has 0 fully saturated rings. The lowest BCUT2D eigenvalue weighted by atomic mass is 9.95. The van der Waals surface area contributed by atoms with Crippen LogP contribution in [0.5, 0.6) is 5.75 Å². The molecule has 3 aromatic rings. The van der Waals surface area contributed by atoms with Crippen LogP contribution in [0.4, 0.5) is 8.78 Å². The van der Waals surface area contributed by atoms with Gasteiger partial charge in [0.1, 0.15) is 12.4 Å². The zero-order valence-electron chi connectivity index (χ0n) is 17.8. The zero-order valence-corrected chi connectivity index (χ0v) is 17.8. The summed E-state index contributed by atoms with van der Waals surface area (Å²) in [6.07, 6.45) is 4.22. The number of aryl methyl sites for hydroxylation is 1. The van der Waals surface area contributed by atoms with E-state index in [4.69, 9.17) is 4.74 Å². The summed E-state index contributed by atoms with van der Waals surface area (Å²) in [6.45, 7) is 4.11. The van der Waals surface area contributed by atoms with Crippen LogP contribution < -0.4 is 10.1 Å². The van der Waals surface area contributed by atoms with Crippen LogP contribution >= 0.6 is 0 Å². The van der Waals surface area contributed by atoms with E-state index in [1.807, 2.05) is 6.20 Å². The first-order valence-corrected chi connectivity index (χ1v) is 10.7. The van der Waals surface area contributed by atoms with E-state index in [1.165, 1.54) is 18.2 Å². The van der Waals surface area contributed by atoms with Gasteiger partial charge in [0.15, 0.2) is 11.6 Å². The molecule has 4 rings (SSSR count). The van der Waals surface area contributed by atoms with Crippen LogP contribution in [0.1, 0.15) is 34.8 Å². The van der Waals surface area contributed by atoms with Gasteiger partial charge >= 0.3 is 0 Å². The van der Waals surface area contributed by atoms with E-state index >= 15 is 0 Å². The predicted molar refractivity (Wildman–Crippen MR) is 117 cm³/mol. The number of aromatic amines is 1. The molecule has 0 saturated carbocycles. The second-order valence-electron chi connectivity index (χ2n) is 7.89. The SMILES string of the molecule is CCN(CCCc1c[nH]c2ccc(F)cc12)C1COc2c(F)ccc(C(=O)NC)c2C1. The van der Waals surface area contributed by atoms with Crippen molar-refractivity contribution >= 4 is 16.8 Å². The molecular formula is C24H27F2N3O2. The van der Waals surface area contributed by atoms with Crippen molar-refractivity contribution in [1.82, 2.24) is 15.2 Å². The molecule has 2 aromatic carbocycles. The lowest BCUT2D eigenvalue weighted by Gasteiger charge is -2.35. The first-order chi connectivity index (χ1) is 15.0. The van der Waals surface area contributed by atoms with Gasteiger partial charge in [0, 0.05) is 41.3 Å². The van der Waals surface area contributed by atoms with Crippen LogP contribution in [0.2, 0.25) is 0 Å². The summed E-state index contributed by atoms with van der Waals surface area (Å²) in [5.74, 6) is -0.722. The summed E-state index contributed by atoms with van der Waals surface area (Å²) < 4.78 is 33.6. The van der Waals surface area contributed by atoms with Gasteiger partial charge in [0.05, 0.1) is 0 Å². The summed E-state index contributed by atoms with van der Waals surface area (Å²) >= 11 is 0. The number of carbonyl (C=O) groups is 1. The third kappa shape index (κ3) is 4.28. The van der Waals surface area contributed by atoms with Crippen molar-refractivity contribution in [1.29, 1.82) is 0 Å². The number of hydrogen-bond acceptors (Lipinski definition) is 3. The van der Waals surface area contributed by atoms with Crippen molar-refractivity contribution < 1.29 is 18.3 Å². The number of amides is 1. The highest BCUT2D eigenvalue weighted by Crippen LogP contribution is 2.32. The van der Waals surface area contributed by atoms with Crippen LogP contribution in [0, 0.1) is 11.6 Å². The number of nitrogens with one attached hydrogen (secondary N) is 2. The fourth-order valence-corrected chi connectivity index (χ4v) is 4.44. The number of fused-ring (bicyclic) bond motifs is 2. The molecule has 1 amide bonds. The summed E-state index contributed by atoms with van der Waals surface area (Å²) in [4.78, 5) is 17.7. The molecule has 5 nitrogen and oxygen atoms in total. The van der Waals surface area contributed by atoms with Crippen LogP contribution in [0.15, 0.2) is 36.5 Å². The molecule has 1 aromatic heterocycles. The molecule has 2 N–H and O–H groups in total. The molecule has 7 heteroatoms. The molecule has 1 aliphatic rings. The van der Waals surface area contributed by atoms with Gasteiger partial charge in [-0.05, 0) is 68.2 Å². The molecule has 1 atom stereocenters. The molecule has 0 aliphatic carbocycles. The quantitative estimate of drug-likeness (QED) is 0.598. The van der Waals surface area contributed by atoms with E-state index in [-0.39, 0.29) is 23.5 Å². The van der Waals surface area contributed by atoms with Gasteiger partial charge in [0.25, 0.3) is 5.91 Å². The number of ether oxygens (including phenoxy) is 1. The Labute approximate surface area is 180 Å². The van der Waals surface area contributed by atoms with Crippen molar-refractivity contribution in [3.63, 3.8) is 0 Å². The van der Waals surface area contributed by atoms with E-state index in [1.54, 1.807) is 19.2 Å². The normalized spacial score (nSPS) is 15.7. The van der Waals surface area contributed by atoms with Crippen molar-refractivity contribution in [2.24, 2.45) is 0 Å². The fraction of sp³-hybridized carbons (Fsp3) is 0.375. The van der Waals surface area contributed by atoms with Gasteiger partial charge in [0.2, 0.25) is 0 Å². The number of aromatic nitrogens is 1. The number of carbonyl (C=O) groups excluding carboxylic acids is 1. The average molecular weight is 427 g/mol. The first-order valence-electron chi connectivity index (χ1n) is 10.7. The molecule has 1 unspecified atom stereocenters. The van der Waals surface area contributed by atoms with Gasteiger partial charge in [-0.3, -0.25) is 9.69 Å². The van der Waals surface area contributed by atoms with Crippen molar-refractivity contribution in [3.05, 3.63) is 64.9 Å². The number of H-pyrrole nitrogens is 1. The summed E-state index contributed by atoms with van der Waals surface area (Å²) in [5.41, 5.74) is 3.12. The molecule has 31 heavy (non-hydrogen) atoms. The van der Waals surface area contributed by atoms with Gasteiger partial charge < -0.3 is 15.0 Å². The Bertz CT molecular complexity index is 1100. The maximum atomic E-state index is 14.2. The molecule has 0 saturated heterocycles. The smallest absolute Gasteiger partial charge is 0.251 e. The lowest BCUT2D eigenvalue weighted by molar-refractivity contribution is 0.0952. The third-order valence-electron chi connectivity index (χ3n) is 6.09. The van der Waals surface area contributed by atoms with Gasteiger partial charge in [-0.2, -0.15) is 0 Å². The molecule has 164 valence electrons. The first kappa shape index (κ1) is 21.3. The second-order valence-corrected chi connectivity index (χ2v) is 7.89. The predicted octanol–water partition coefficient (Wildman–Crippen LogP) is 4.06. The van der Waals surface area contributed by atoms with Crippen LogP contribution in [0.25, 0.3) is 10.9 Å². The monoisotopic (exact) mass is 427 g/mol. The van der Waals surface area contributed by atoms with Gasteiger partial charge in [-0.15, -0.1) is 0 Å². The molecule has 0 bridgehead atoms. The number of rotatable bonds is 7. The van der Waals surface area contributed by atoms with E-state index in [9.17, 15) is 13.6 Å². The Balaban J connectivity index is 1.45. The maximum Gasteiger partial charge on any atom is 0.251 e. The topological polar surface area (TPSA) is 57.4 Å². The Kier molecular flexibility index (Phi) is 6.23. The van der Waals surface area contributed by atoms with Crippen molar-refractivity contribution in [2.45, 2.75) is 32.2 Å². The van der Waals surface area contributed by atoms with Crippen LogP contribution in [-0.4, -0.2) is 48.6 Å². The second kappa shape index (κ2) is 9.06. The molecule has 0 spiro atoms. The minimum atomic E-state index is -0.435. The average Bonchev–Trinajstić information content (AvgIpc) is 3.18. The number of hydrogen-bond donors (Lipinski definition) is 2. The molecule has 0 radical (unpaired) electrons. The summed E-state index contributed by atoms with van der Waals surface area (Å²) in [5, 5.41) is 3.54. The van der Waals surface area contributed by atoms with E-state index in [0.29, 0.717) is 24.2 Å². The number of benzene rings is 2. The summed E-state index contributed by atoms with van der Waals surface area (Å²) in [7, 11) is 1.56. The minimum Gasteiger partial charge on any atom is -0.489 e. The highest BCUT2D eigenvalue weighted by atomic mass is 19.1.